The van der Waals surface area contributed by atoms with Crippen molar-refractivity contribution in [3.8, 4) is 17.0 Å². The van der Waals surface area contributed by atoms with E-state index in [0.717, 1.165) is 43.2 Å². The lowest BCUT2D eigenvalue weighted by atomic mass is 9.84. The molecule has 9 nitrogen and oxygen atoms in total. The molecule has 0 bridgehead atoms. The number of aliphatic hydroxyl groups is 1. The van der Waals surface area contributed by atoms with Crippen LogP contribution in [0.3, 0.4) is 0 Å². The molecule has 0 unspecified atom stereocenters. The van der Waals surface area contributed by atoms with Gasteiger partial charge in [0.2, 0.25) is 0 Å². The van der Waals surface area contributed by atoms with Crippen molar-refractivity contribution in [3.05, 3.63) is 29.5 Å². The van der Waals surface area contributed by atoms with Gasteiger partial charge in [0, 0.05) is 36.7 Å². The zero-order valence-electron chi connectivity index (χ0n) is 22.8. The number of methoxy groups -OCH3 is 1. The molecule has 1 atom stereocenters. The number of hydrogen-bond donors (Lipinski definition) is 3. The lowest BCUT2D eigenvalue weighted by molar-refractivity contribution is -0.138. The molecule has 3 rings (SSSR count). The van der Waals surface area contributed by atoms with Crippen molar-refractivity contribution in [2.45, 2.75) is 75.3 Å². The first-order valence-corrected chi connectivity index (χ1v) is 14.6. The molecule has 1 aromatic carbocycles. The van der Waals surface area contributed by atoms with E-state index < -0.39 is 68.5 Å². The number of halogens is 6. The van der Waals surface area contributed by atoms with E-state index in [4.69, 9.17) is 4.74 Å². The third-order valence-electron chi connectivity index (χ3n) is 7.13. The van der Waals surface area contributed by atoms with Crippen molar-refractivity contribution in [2.75, 3.05) is 25.2 Å². The zero-order valence-corrected chi connectivity index (χ0v) is 23.6. The van der Waals surface area contributed by atoms with Gasteiger partial charge in [-0.2, -0.15) is 31.4 Å². The van der Waals surface area contributed by atoms with Crippen molar-refractivity contribution >= 4 is 21.4 Å². The molecular formula is C25H32F6N4O5S. The number of aromatic nitrogens is 2. The Balaban J connectivity index is 1.95. The normalized spacial score (nSPS) is 20.9. The molecule has 41 heavy (non-hydrogen) atoms. The average Bonchev–Trinajstić information content (AvgIpc) is 3.26. The lowest BCUT2D eigenvalue weighted by Gasteiger charge is -2.35. The van der Waals surface area contributed by atoms with Crippen LogP contribution in [-0.4, -0.2) is 72.2 Å². The SMILES string of the molecule is CCn1nc(C(=O)NCC2(O)CCC(S(C)(=O)=O)CC2)c(C(F)(F)F)c1-c1ccc(N[C@H](C)C(F)(F)F)cc1OC. The fourth-order valence-electron chi connectivity index (χ4n) is 4.76. The van der Waals surface area contributed by atoms with Crippen molar-refractivity contribution in [3.63, 3.8) is 0 Å². The number of ether oxygens (including phenoxy) is 1. The maximum absolute atomic E-state index is 14.4. The second kappa shape index (κ2) is 11.7. The summed E-state index contributed by atoms with van der Waals surface area (Å²) >= 11 is 0. The number of anilines is 1. The first-order valence-electron chi connectivity index (χ1n) is 12.7. The van der Waals surface area contributed by atoms with E-state index in [-0.39, 0.29) is 49.2 Å². The number of rotatable bonds is 9. The summed E-state index contributed by atoms with van der Waals surface area (Å²) in [5, 5.41) is 18.6. The molecule has 1 aliphatic rings. The Morgan fingerprint density at radius 1 is 1.22 bits per heavy atom. The van der Waals surface area contributed by atoms with Crippen molar-refractivity contribution < 1.29 is 49.4 Å². The number of carbonyl (C=O) groups is 1. The van der Waals surface area contributed by atoms with Crippen molar-refractivity contribution in [2.24, 2.45) is 0 Å². The van der Waals surface area contributed by atoms with E-state index in [9.17, 15) is 44.7 Å². The molecule has 1 saturated carbocycles. The molecule has 230 valence electrons. The number of sulfone groups is 1. The lowest BCUT2D eigenvalue weighted by Crippen LogP contribution is -2.47. The van der Waals surface area contributed by atoms with Gasteiger partial charge >= 0.3 is 12.4 Å². The summed E-state index contributed by atoms with van der Waals surface area (Å²) < 4.78 is 112. The Labute approximate surface area is 233 Å². The average molecular weight is 615 g/mol. The van der Waals surface area contributed by atoms with E-state index in [0.29, 0.717) is 0 Å². The van der Waals surface area contributed by atoms with Crippen LogP contribution in [0.5, 0.6) is 5.75 Å². The molecule has 0 radical (unpaired) electrons. The van der Waals surface area contributed by atoms with Crippen molar-refractivity contribution in [1.82, 2.24) is 15.1 Å². The van der Waals surface area contributed by atoms with Crippen LogP contribution in [0.15, 0.2) is 18.2 Å². The summed E-state index contributed by atoms with van der Waals surface area (Å²) in [5.74, 6) is -1.39. The quantitative estimate of drug-likeness (QED) is 0.358. The van der Waals surface area contributed by atoms with Gasteiger partial charge in [-0.1, -0.05) is 0 Å². The summed E-state index contributed by atoms with van der Waals surface area (Å²) in [7, 11) is -2.18. The minimum atomic E-state index is -5.08. The van der Waals surface area contributed by atoms with Gasteiger partial charge in [-0.15, -0.1) is 0 Å². The molecule has 0 spiro atoms. The number of aryl methyl sites for hydroxylation is 1. The minimum absolute atomic E-state index is 0.0241. The summed E-state index contributed by atoms with van der Waals surface area (Å²) in [5.41, 5.74) is -4.58. The summed E-state index contributed by atoms with van der Waals surface area (Å²) in [6.45, 7) is 1.85. The Morgan fingerprint density at radius 2 is 1.83 bits per heavy atom. The maximum Gasteiger partial charge on any atom is 0.420 e. The smallest absolute Gasteiger partial charge is 0.420 e. The molecular weight excluding hydrogens is 582 g/mol. The number of benzene rings is 1. The van der Waals surface area contributed by atoms with Gasteiger partial charge in [0.25, 0.3) is 5.91 Å². The first kappa shape index (κ1) is 32.5. The molecule has 1 fully saturated rings. The van der Waals surface area contributed by atoms with Gasteiger partial charge in [0.1, 0.15) is 27.2 Å². The van der Waals surface area contributed by atoms with Crippen LogP contribution >= 0.6 is 0 Å². The molecule has 0 saturated heterocycles. The number of nitrogens with one attached hydrogen (secondary N) is 2. The van der Waals surface area contributed by atoms with E-state index in [1.165, 1.54) is 6.92 Å². The first-order chi connectivity index (χ1) is 18.8. The highest BCUT2D eigenvalue weighted by atomic mass is 32.2. The van der Waals surface area contributed by atoms with Crippen LogP contribution in [0, 0.1) is 0 Å². The van der Waals surface area contributed by atoms with Crippen LogP contribution < -0.4 is 15.4 Å². The Kier molecular flexibility index (Phi) is 9.28. The third kappa shape index (κ3) is 7.45. The number of amides is 1. The largest absolute Gasteiger partial charge is 0.496 e. The van der Waals surface area contributed by atoms with Gasteiger partial charge in [-0.25, -0.2) is 8.42 Å². The molecule has 1 amide bonds. The number of nitrogens with zero attached hydrogens (tertiary/aromatic N) is 2. The summed E-state index contributed by atoms with van der Waals surface area (Å²) in [6, 6.07) is 1.48. The van der Waals surface area contributed by atoms with Gasteiger partial charge in [-0.05, 0) is 51.7 Å². The van der Waals surface area contributed by atoms with Crippen LogP contribution in [0.25, 0.3) is 11.3 Å². The third-order valence-corrected chi connectivity index (χ3v) is 8.81. The van der Waals surface area contributed by atoms with Gasteiger partial charge < -0.3 is 20.5 Å². The Morgan fingerprint density at radius 3 is 2.32 bits per heavy atom. The summed E-state index contributed by atoms with van der Waals surface area (Å²) in [4.78, 5) is 13.0. The van der Waals surface area contributed by atoms with Crippen LogP contribution in [0.1, 0.15) is 55.6 Å². The Hall–Kier alpha value is -3.01. The highest BCUT2D eigenvalue weighted by molar-refractivity contribution is 7.91. The van der Waals surface area contributed by atoms with Gasteiger partial charge in [0.05, 0.1) is 23.7 Å². The van der Waals surface area contributed by atoms with E-state index in [2.05, 4.69) is 15.7 Å². The molecule has 16 heteroatoms. The molecule has 1 aliphatic carbocycles. The Bertz CT molecular complexity index is 1370. The van der Waals surface area contributed by atoms with Crippen LogP contribution in [0.2, 0.25) is 0 Å². The van der Waals surface area contributed by atoms with Gasteiger partial charge in [-0.3, -0.25) is 9.48 Å². The second-order valence-corrected chi connectivity index (χ2v) is 12.5. The van der Waals surface area contributed by atoms with E-state index in [1.54, 1.807) is 0 Å². The number of carbonyl (C=O) groups excluding carboxylic acids is 1. The van der Waals surface area contributed by atoms with Crippen molar-refractivity contribution in [1.29, 1.82) is 0 Å². The molecule has 1 aromatic heterocycles. The molecule has 2 aromatic rings. The van der Waals surface area contributed by atoms with Crippen LogP contribution in [-0.2, 0) is 22.6 Å². The fraction of sp³-hybridized carbons (Fsp3) is 0.600. The highest BCUT2D eigenvalue weighted by Gasteiger charge is 2.44. The summed E-state index contributed by atoms with van der Waals surface area (Å²) in [6.07, 6.45) is -8.23. The van der Waals surface area contributed by atoms with E-state index >= 15 is 0 Å². The van der Waals surface area contributed by atoms with Crippen LogP contribution in [0.4, 0.5) is 32.0 Å². The van der Waals surface area contributed by atoms with E-state index in [1.807, 2.05) is 0 Å². The predicted molar refractivity (Wildman–Crippen MR) is 138 cm³/mol. The molecule has 3 N–H and O–H groups in total. The fourth-order valence-corrected chi connectivity index (χ4v) is 5.85. The second-order valence-electron chi connectivity index (χ2n) is 10.1. The zero-order chi connectivity index (χ0) is 31.0. The highest BCUT2D eigenvalue weighted by Crippen LogP contribution is 2.43. The molecule has 0 aliphatic heterocycles. The molecule has 1 heterocycles. The number of hydrogen-bond acceptors (Lipinski definition) is 7. The van der Waals surface area contributed by atoms with Gasteiger partial charge in [0.15, 0.2) is 5.69 Å². The minimum Gasteiger partial charge on any atom is -0.496 e. The standard InChI is InChI=1S/C25H32F6N4O5S/c1-5-35-21(17-7-6-15(12-18(17)40-3)33-14(2)24(26,27)28)19(25(29,30)31)20(34-35)22(36)32-13-23(37)10-8-16(9-11-23)41(4,38)39/h6-7,12,14,16,33,37H,5,8-11,13H2,1-4H3,(H,32,36)/t14-,16?,23?/m1/s1. The maximum atomic E-state index is 14.4. The monoisotopic (exact) mass is 614 g/mol. The topological polar surface area (TPSA) is 123 Å². The predicted octanol–water partition coefficient (Wildman–Crippen LogP) is 4.41. The number of alkyl halides is 6.